The molecule has 1 fully saturated rings. The molecule has 0 N–H and O–H groups in total. The maximum Gasteiger partial charge on any atom is 0.0575 e. The molecule has 1 saturated carbocycles. The van der Waals surface area contributed by atoms with Gasteiger partial charge in [0.2, 0.25) is 0 Å². The zero-order valence-corrected chi connectivity index (χ0v) is 12.0. The first-order chi connectivity index (χ1) is 7.49. The van der Waals surface area contributed by atoms with Gasteiger partial charge in [0.1, 0.15) is 0 Å². The van der Waals surface area contributed by atoms with Crippen molar-refractivity contribution in [3.63, 3.8) is 0 Å². The Morgan fingerprint density at radius 3 is 2.25 bits per heavy atom. The number of ether oxygens (including phenoxy) is 1. The van der Waals surface area contributed by atoms with E-state index in [2.05, 4.69) is 41.5 Å². The van der Waals surface area contributed by atoms with Crippen molar-refractivity contribution in [1.29, 1.82) is 0 Å². The zero-order valence-electron chi connectivity index (χ0n) is 12.0. The van der Waals surface area contributed by atoms with Crippen LogP contribution < -0.4 is 0 Å². The molecule has 0 saturated heterocycles. The normalized spacial score (nSPS) is 39.4. The molecule has 0 radical (unpaired) electrons. The fourth-order valence-electron chi connectivity index (χ4n) is 3.39. The molecule has 6 unspecified atom stereocenters. The van der Waals surface area contributed by atoms with Gasteiger partial charge in [0.05, 0.1) is 6.10 Å². The maximum absolute atomic E-state index is 5.77. The molecule has 6 atom stereocenters. The Kier molecular flexibility index (Phi) is 5.30. The first-order valence-electron chi connectivity index (χ1n) is 7.10. The molecule has 1 nitrogen and oxygen atoms in total. The summed E-state index contributed by atoms with van der Waals surface area (Å²) in [5.41, 5.74) is 0. The van der Waals surface area contributed by atoms with Gasteiger partial charge in [0, 0.05) is 6.61 Å². The van der Waals surface area contributed by atoms with Crippen LogP contribution in [0.15, 0.2) is 0 Å². The van der Waals surface area contributed by atoms with E-state index < -0.39 is 0 Å². The molecule has 0 aliphatic heterocycles. The van der Waals surface area contributed by atoms with Crippen LogP contribution in [0.1, 0.15) is 54.4 Å². The molecule has 0 heterocycles. The molecule has 0 aromatic rings. The van der Waals surface area contributed by atoms with Gasteiger partial charge >= 0.3 is 0 Å². The summed E-state index contributed by atoms with van der Waals surface area (Å²) >= 11 is 0. The second-order valence-corrected chi connectivity index (χ2v) is 5.96. The summed E-state index contributed by atoms with van der Waals surface area (Å²) in [5.74, 6) is 4.18. The second kappa shape index (κ2) is 6.05. The van der Waals surface area contributed by atoms with Crippen molar-refractivity contribution >= 4 is 0 Å². The summed E-state index contributed by atoms with van der Waals surface area (Å²) in [5, 5.41) is 0. The van der Waals surface area contributed by atoms with E-state index in [0.717, 1.165) is 30.3 Å². The quantitative estimate of drug-likeness (QED) is 0.692. The van der Waals surface area contributed by atoms with E-state index in [9.17, 15) is 0 Å². The lowest BCUT2D eigenvalue weighted by Gasteiger charge is -2.42. The third kappa shape index (κ3) is 3.00. The van der Waals surface area contributed by atoms with Gasteiger partial charge in [0.15, 0.2) is 0 Å². The first-order valence-corrected chi connectivity index (χ1v) is 7.10. The van der Waals surface area contributed by atoms with Crippen LogP contribution in [0.2, 0.25) is 0 Å². The third-order valence-electron chi connectivity index (χ3n) is 5.20. The van der Waals surface area contributed by atoms with Crippen molar-refractivity contribution in [2.75, 3.05) is 6.61 Å². The molecular weight excluding hydrogens is 196 g/mol. The highest BCUT2D eigenvalue weighted by Crippen LogP contribution is 2.42. The molecule has 1 aliphatic carbocycles. The van der Waals surface area contributed by atoms with Crippen molar-refractivity contribution in [1.82, 2.24) is 0 Å². The highest BCUT2D eigenvalue weighted by Gasteiger charge is 2.36. The summed E-state index contributed by atoms with van der Waals surface area (Å²) in [6.07, 6.45) is 3.21. The third-order valence-corrected chi connectivity index (χ3v) is 5.20. The van der Waals surface area contributed by atoms with Crippen molar-refractivity contribution in [2.45, 2.75) is 60.5 Å². The molecule has 0 aromatic heterocycles. The van der Waals surface area contributed by atoms with Gasteiger partial charge in [-0.2, -0.15) is 0 Å². The van der Waals surface area contributed by atoms with E-state index in [1.807, 2.05) is 0 Å². The van der Waals surface area contributed by atoms with Crippen LogP contribution in [0, 0.1) is 29.6 Å². The average molecular weight is 226 g/mol. The van der Waals surface area contributed by atoms with Crippen molar-refractivity contribution < 1.29 is 4.74 Å². The van der Waals surface area contributed by atoms with E-state index in [1.54, 1.807) is 0 Å². The Hall–Kier alpha value is -0.0400. The van der Waals surface area contributed by atoms with Gasteiger partial charge in [-0.3, -0.25) is 0 Å². The van der Waals surface area contributed by atoms with Crippen LogP contribution in [0.4, 0.5) is 0 Å². The Balaban J connectivity index is 2.59. The summed E-state index contributed by atoms with van der Waals surface area (Å²) in [6.45, 7) is 14.8. The van der Waals surface area contributed by atoms with E-state index >= 15 is 0 Å². The second-order valence-electron chi connectivity index (χ2n) is 5.96. The lowest BCUT2D eigenvalue weighted by molar-refractivity contribution is -0.0168. The largest absolute Gasteiger partial charge is 0.379 e. The molecule has 16 heavy (non-hydrogen) atoms. The van der Waals surface area contributed by atoms with E-state index in [4.69, 9.17) is 4.74 Å². The van der Waals surface area contributed by atoms with E-state index in [-0.39, 0.29) is 0 Å². The lowest BCUT2D eigenvalue weighted by atomic mass is 9.64. The summed E-state index contributed by atoms with van der Waals surface area (Å²) < 4.78 is 5.77. The van der Waals surface area contributed by atoms with Crippen LogP contribution in [-0.4, -0.2) is 12.7 Å². The van der Waals surface area contributed by atoms with Crippen LogP contribution in [0.3, 0.4) is 0 Å². The molecule has 0 bridgehead atoms. The average Bonchev–Trinajstić information content (AvgIpc) is 2.26. The molecule has 0 amide bonds. The molecule has 1 aliphatic rings. The fraction of sp³-hybridized carbons (Fsp3) is 1.00. The van der Waals surface area contributed by atoms with E-state index in [1.165, 1.54) is 12.8 Å². The number of rotatable bonds is 4. The predicted octanol–water partition coefficient (Wildman–Crippen LogP) is 4.37. The summed E-state index contributed by atoms with van der Waals surface area (Å²) in [6, 6.07) is 0. The Morgan fingerprint density at radius 2 is 1.69 bits per heavy atom. The molecule has 96 valence electrons. The molecule has 1 heteroatoms. The zero-order chi connectivity index (χ0) is 12.3. The maximum atomic E-state index is 5.77. The minimum Gasteiger partial charge on any atom is -0.379 e. The summed E-state index contributed by atoms with van der Waals surface area (Å²) in [7, 11) is 0. The van der Waals surface area contributed by atoms with Gasteiger partial charge in [-0.25, -0.2) is 0 Å². The molecule has 0 spiro atoms. The fourth-order valence-corrected chi connectivity index (χ4v) is 3.39. The van der Waals surface area contributed by atoms with Crippen LogP contribution in [0.5, 0.6) is 0 Å². The van der Waals surface area contributed by atoms with Crippen molar-refractivity contribution in [2.24, 2.45) is 29.6 Å². The molecule has 0 aromatic carbocycles. The predicted molar refractivity (Wildman–Crippen MR) is 70.5 cm³/mol. The van der Waals surface area contributed by atoms with Crippen molar-refractivity contribution in [3.05, 3.63) is 0 Å². The Bertz CT molecular complexity index is 202. The van der Waals surface area contributed by atoms with Crippen LogP contribution >= 0.6 is 0 Å². The van der Waals surface area contributed by atoms with Gasteiger partial charge in [-0.1, -0.05) is 34.1 Å². The smallest absolute Gasteiger partial charge is 0.0575 e. The Labute approximate surface area is 102 Å². The first kappa shape index (κ1) is 14.0. The van der Waals surface area contributed by atoms with Crippen LogP contribution in [-0.2, 0) is 4.74 Å². The summed E-state index contributed by atoms with van der Waals surface area (Å²) in [4.78, 5) is 0. The SMILES string of the molecule is CCOC(C)C(C)C1CCC(C)C(C)C1C. The van der Waals surface area contributed by atoms with Crippen LogP contribution in [0.25, 0.3) is 0 Å². The molecule has 1 rings (SSSR count). The van der Waals surface area contributed by atoms with Crippen molar-refractivity contribution in [3.8, 4) is 0 Å². The highest BCUT2D eigenvalue weighted by atomic mass is 16.5. The topological polar surface area (TPSA) is 9.23 Å². The Morgan fingerprint density at radius 1 is 1.06 bits per heavy atom. The number of hydrogen-bond donors (Lipinski definition) is 0. The monoisotopic (exact) mass is 226 g/mol. The van der Waals surface area contributed by atoms with Gasteiger partial charge in [0.25, 0.3) is 0 Å². The standard InChI is InChI=1S/C15H30O/c1-7-16-14(6)13(5)15-9-8-10(2)11(3)12(15)4/h10-15H,7-9H2,1-6H3. The minimum absolute atomic E-state index is 0.415. The van der Waals surface area contributed by atoms with Gasteiger partial charge in [-0.15, -0.1) is 0 Å². The van der Waals surface area contributed by atoms with Gasteiger partial charge < -0.3 is 4.74 Å². The minimum atomic E-state index is 0.415. The van der Waals surface area contributed by atoms with E-state index in [0.29, 0.717) is 12.0 Å². The number of hydrogen-bond acceptors (Lipinski definition) is 1. The highest BCUT2D eigenvalue weighted by molar-refractivity contribution is 4.85. The van der Waals surface area contributed by atoms with Gasteiger partial charge in [-0.05, 0) is 49.9 Å². The molecular formula is C15H30O. The lowest BCUT2D eigenvalue weighted by Crippen LogP contribution is -2.37.